The summed E-state index contributed by atoms with van der Waals surface area (Å²) in [5, 5.41) is 7.55. The van der Waals surface area contributed by atoms with Crippen LogP contribution in [0.5, 0.6) is 0 Å². The molecule has 8 aromatic carbocycles. The van der Waals surface area contributed by atoms with Crippen LogP contribution in [-0.4, -0.2) is 4.98 Å². The fourth-order valence-corrected chi connectivity index (χ4v) is 9.01. The number of rotatable bonds is 2. The molecule has 226 valence electrons. The van der Waals surface area contributed by atoms with Crippen LogP contribution in [0.2, 0.25) is 0 Å². The minimum atomic E-state index is -0.422. The second kappa shape index (κ2) is 9.86. The summed E-state index contributed by atoms with van der Waals surface area (Å²) in [6.45, 7) is 0. The normalized spacial score (nSPS) is 13.5. The van der Waals surface area contributed by atoms with Crippen LogP contribution in [0.3, 0.4) is 0 Å². The maximum absolute atomic E-state index is 5.64. The van der Waals surface area contributed by atoms with Crippen molar-refractivity contribution in [2.45, 2.75) is 5.41 Å². The Hall–Kier alpha value is -6.31. The van der Waals surface area contributed by atoms with Crippen LogP contribution in [-0.2, 0) is 5.41 Å². The Balaban J connectivity index is 1.13. The molecule has 0 aliphatic heterocycles. The van der Waals surface area contributed by atoms with Crippen LogP contribution in [0.1, 0.15) is 22.3 Å². The quantitative estimate of drug-likeness (QED) is 0.175. The number of nitrogens with zero attached hydrogens (tertiary/aromatic N) is 1. The maximum atomic E-state index is 5.64. The minimum Gasteiger partial charge on any atom is -0.247 e. The van der Waals surface area contributed by atoms with E-state index in [2.05, 4.69) is 176 Å². The predicted octanol–water partition coefficient (Wildman–Crippen LogP) is 12.2. The van der Waals surface area contributed by atoms with E-state index in [0.717, 1.165) is 17.0 Å². The van der Waals surface area contributed by atoms with Crippen molar-refractivity contribution in [3.63, 3.8) is 0 Å². The molecule has 1 heteroatoms. The van der Waals surface area contributed by atoms with Crippen molar-refractivity contribution in [3.8, 4) is 44.8 Å². The maximum Gasteiger partial charge on any atom is 0.0788 e. The van der Waals surface area contributed by atoms with Gasteiger partial charge in [0.25, 0.3) is 0 Å². The molecule has 0 saturated carbocycles. The molecule has 0 unspecified atom stereocenters. The Kier molecular flexibility index (Phi) is 5.38. The molecular formula is C48H29N. The zero-order valence-corrected chi connectivity index (χ0v) is 26.7. The Labute approximate surface area is 284 Å². The summed E-state index contributed by atoms with van der Waals surface area (Å²) in [6, 6.07) is 64.7. The van der Waals surface area contributed by atoms with Gasteiger partial charge in [-0.2, -0.15) is 0 Å². The van der Waals surface area contributed by atoms with Crippen LogP contribution in [0.15, 0.2) is 176 Å². The van der Waals surface area contributed by atoms with E-state index in [9.17, 15) is 0 Å². The first kappa shape index (κ1) is 26.7. The summed E-state index contributed by atoms with van der Waals surface area (Å²) in [5.41, 5.74) is 14.4. The third-order valence-electron chi connectivity index (χ3n) is 11.1. The largest absolute Gasteiger partial charge is 0.247 e. The fourth-order valence-electron chi connectivity index (χ4n) is 9.01. The molecule has 0 atom stereocenters. The van der Waals surface area contributed by atoms with Gasteiger partial charge < -0.3 is 0 Å². The molecule has 0 saturated heterocycles. The van der Waals surface area contributed by atoms with Gasteiger partial charge in [0, 0.05) is 22.1 Å². The lowest BCUT2D eigenvalue weighted by atomic mass is 9.69. The van der Waals surface area contributed by atoms with Crippen molar-refractivity contribution in [1.29, 1.82) is 0 Å². The Bertz CT molecular complexity index is 2780. The van der Waals surface area contributed by atoms with Crippen molar-refractivity contribution in [2.24, 2.45) is 0 Å². The lowest BCUT2D eigenvalue weighted by Gasteiger charge is -2.31. The van der Waals surface area contributed by atoms with Gasteiger partial charge in [0.05, 0.1) is 16.8 Å². The second-order valence-electron chi connectivity index (χ2n) is 13.4. The van der Waals surface area contributed by atoms with E-state index in [1.807, 2.05) is 0 Å². The molecule has 0 N–H and O–H groups in total. The van der Waals surface area contributed by atoms with Crippen molar-refractivity contribution in [2.75, 3.05) is 0 Å². The highest BCUT2D eigenvalue weighted by Crippen LogP contribution is 2.64. The first-order valence-electron chi connectivity index (χ1n) is 17.1. The molecular weight excluding hydrogens is 591 g/mol. The molecule has 0 fully saturated rings. The van der Waals surface area contributed by atoms with Crippen LogP contribution in [0.25, 0.3) is 77.1 Å². The van der Waals surface area contributed by atoms with Gasteiger partial charge in [0.1, 0.15) is 0 Å². The number of hydrogen-bond donors (Lipinski definition) is 0. The molecule has 1 aromatic heterocycles. The van der Waals surface area contributed by atoms with E-state index in [0.29, 0.717) is 0 Å². The lowest BCUT2D eigenvalue weighted by molar-refractivity contribution is 0.799. The summed E-state index contributed by atoms with van der Waals surface area (Å²) >= 11 is 0. The smallest absolute Gasteiger partial charge is 0.0788 e. The molecule has 1 heterocycles. The average Bonchev–Trinajstić information content (AvgIpc) is 3.65. The summed E-state index contributed by atoms with van der Waals surface area (Å²) in [6.07, 6.45) is 0. The number of pyridine rings is 1. The van der Waals surface area contributed by atoms with Crippen LogP contribution in [0, 0.1) is 0 Å². The van der Waals surface area contributed by atoms with E-state index in [1.54, 1.807) is 0 Å². The van der Waals surface area contributed by atoms with Crippen molar-refractivity contribution in [1.82, 2.24) is 4.98 Å². The monoisotopic (exact) mass is 619 g/mol. The summed E-state index contributed by atoms with van der Waals surface area (Å²) in [7, 11) is 0. The Morgan fingerprint density at radius 1 is 0.327 bits per heavy atom. The van der Waals surface area contributed by atoms with Gasteiger partial charge in [0.2, 0.25) is 0 Å². The van der Waals surface area contributed by atoms with Gasteiger partial charge in [-0.15, -0.1) is 0 Å². The van der Waals surface area contributed by atoms with Crippen molar-refractivity contribution >= 4 is 32.3 Å². The van der Waals surface area contributed by atoms with E-state index < -0.39 is 5.41 Å². The van der Waals surface area contributed by atoms with Crippen LogP contribution < -0.4 is 0 Å². The highest BCUT2D eigenvalue weighted by Gasteiger charge is 2.53. The molecule has 1 nitrogen and oxygen atoms in total. The van der Waals surface area contributed by atoms with Gasteiger partial charge in [-0.1, -0.05) is 170 Å². The van der Waals surface area contributed by atoms with Crippen molar-refractivity contribution < 1.29 is 0 Å². The first-order valence-corrected chi connectivity index (χ1v) is 17.1. The first-order chi connectivity index (χ1) is 24.3. The Morgan fingerprint density at radius 2 is 0.816 bits per heavy atom. The van der Waals surface area contributed by atoms with Crippen LogP contribution in [0.4, 0.5) is 0 Å². The Morgan fingerprint density at radius 3 is 1.53 bits per heavy atom. The summed E-state index contributed by atoms with van der Waals surface area (Å²) in [5.74, 6) is 0. The van der Waals surface area contributed by atoms with E-state index in [1.165, 1.54) is 82.4 Å². The molecule has 0 radical (unpaired) electrons. The highest BCUT2D eigenvalue weighted by atomic mass is 14.8. The third kappa shape index (κ3) is 3.51. The zero-order chi connectivity index (χ0) is 32.1. The minimum absolute atomic E-state index is 0.422. The number of fused-ring (bicyclic) bond motifs is 15. The topological polar surface area (TPSA) is 12.9 Å². The lowest BCUT2D eigenvalue weighted by Crippen LogP contribution is -2.26. The summed E-state index contributed by atoms with van der Waals surface area (Å²) in [4.78, 5) is 5.64. The highest BCUT2D eigenvalue weighted by molar-refractivity contribution is 6.09. The molecule has 0 bridgehead atoms. The zero-order valence-electron chi connectivity index (χ0n) is 26.7. The van der Waals surface area contributed by atoms with Gasteiger partial charge in [0.15, 0.2) is 0 Å². The van der Waals surface area contributed by atoms with Gasteiger partial charge >= 0.3 is 0 Å². The molecule has 2 aliphatic carbocycles. The van der Waals surface area contributed by atoms with Crippen LogP contribution >= 0.6 is 0 Å². The molecule has 11 rings (SSSR count). The molecule has 0 amide bonds. The average molecular weight is 620 g/mol. The third-order valence-corrected chi connectivity index (χ3v) is 11.1. The van der Waals surface area contributed by atoms with Gasteiger partial charge in [-0.05, 0) is 71.9 Å². The SMILES string of the molecule is c1ccc2c(c1)-c1ccccc1C21c2ccccc2-c2nc(-c3ccc(-c4ccc5ccc6ccccc6c5c4)cc3)c3ccccc3c21. The number of hydrogen-bond acceptors (Lipinski definition) is 1. The number of aromatic nitrogens is 1. The van der Waals surface area contributed by atoms with Gasteiger partial charge in [-0.3, -0.25) is 0 Å². The predicted molar refractivity (Wildman–Crippen MR) is 204 cm³/mol. The number of benzene rings is 8. The summed E-state index contributed by atoms with van der Waals surface area (Å²) < 4.78 is 0. The standard InChI is InChI=1S/C48H29N/c1-2-12-35-31(11-1)23-24-32-25-28-34(29-41(32)35)30-21-26-33(27-22-30)46-39-16-4-3-15-38(39)45-47(49-46)40-17-7-10-20-44(40)48(45)42-18-8-5-13-36(42)37-14-6-9-19-43(37)48/h1-29H. The van der Waals surface area contributed by atoms with E-state index >= 15 is 0 Å². The second-order valence-corrected chi connectivity index (χ2v) is 13.4. The molecule has 49 heavy (non-hydrogen) atoms. The van der Waals surface area contributed by atoms with E-state index in [-0.39, 0.29) is 0 Å². The molecule has 2 aliphatic rings. The van der Waals surface area contributed by atoms with Crippen molar-refractivity contribution in [3.05, 3.63) is 198 Å². The molecule has 9 aromatic rings. The van der Waals surface area contributed by atoms with Gasteiger partial charge in [-0.25, -0.2) is 4.98 Å². The van der Waals surface area contributed by atoms with E-state index in [4.69, 9.17) is 4.98 Å². The molecule has 1 spiro atoms. The fraction of sp³-hybridized carbons (Fsp3) is 0.0208.